The van der Waals surface area contributed by atoms with Gasteiger partial charge in [-0.3, -0.25) is 9.69 Å². The highest BCUT2D eigenvalue weighted by atomic mass is 16.5. The molecule has 0 amide bonds. The zero-order chi connectivity index (χ0) is 12.2. The Kier molecular flexibility index (Phi) is 4.74. The monoisotopic (exact) mass is 229 g/mol. The van der Waals surface area contributed by atoms with Crippen LogP contribution >= 0.6 is 0 Å². The molecular weight excluding hydrogens is 206 g/mol. The van der Waals surface area contributed by atoms with Crippen molar-refractivity contribution in [2.75, 3.05) is 26.8 Å². The molecule has 1 fully saturated rings. The zero-order valence-electron chi connectivity index (χ0n) is 10.5. The largest absolute Gasteiger partial charge is 0.480 e. The maximum Gasteiger partial charge on any atom is 0.324 e. The Bertz CT molecular complexity index is 244. The van der Waals surface area contributed by atoms with Gasteiger partial charge in [-0.1, -0.05) is 13.8 Å². The Hall–Kier alpha value is -0.610. The predicted molar refractivity (Wildman–Crippen MR) is 62.5 cm³/mol. The number of hydrogen-bond acceptors (Lipinski definition) is 3. The Morgan fingerprint density at radius 2 is 2.31 bits per heavy atom. The summed E-state index contributed by atoms with van der Waals surface area (Å²) >= 11 is 0. The van der Waals surface area contributed by atoms with Gasteiger partial charge in [-0.2, -0.15) is 0 Å². The van der Waals surface area contributed by atoms with Gasteiger partial charge in [0.05, 0.1) is 0 Å². The summed E-state index contributed by atoms with van der Waals surface area (Å²) in [6, 6.07) is 0. The van der Waals surface area contributed by atoms with Crippen LogP contribution < -0.4 is 0 Å². The van der Waals surface area contributed by atoms with Gasteiger partial charge in [-0.05, 0) is 31.7 Å². The van der Waals surface area contributed by atoms with E-state index >= 15 is 0 Å². The lowest BCUT2D eigenvalue weighted by atomic mass is 9.92. The van der Waals surface area contributed by atoms with Gasteiger partial charge in [-0.25, -0.2) is 0 Å². The van der Waals surface area contributed by atoms with E-state index in [-0.39, 0.29) is 0 Å². The number of likely N-dealkylation sites (tertiary alicyclic amines) is 1. The molecule has 0 saturated carbocycles. The van der Waals surface area contributed by atoms with Crippen molar-refractivity contribution in [3.63, 3.8) is 0 Å². The summed E-state index contributed by atoms with van der Waals surface area (Å²) < 4.78 is 5.10. The minimum Gasteiger partial charge on any atom is -0.480 e. The second-order valence-corrected chi connectivity index (χ2v) is 4.80. The van der Waals surface area contributed by atoms with E-state index in [9.17, 15) is 9.90 Å². The quantitative estimate of drug-likeness (QED) is 0.751. The number of hydrogen-bond donors (Lipinski definition) is 1. The van der Waals surface area contributed by atoms with Gasteiger partial charge in [0.25, 0.3) is 0 Å². The van der Waals surface area contributed by atoms with Crippen LogP contribution in [0.5, 0.6) is 0 Å². The summed E-state index contributed by atoms with van der Waals surface area (Å²) in [4.78, 5) is 13.6. The molecule has 2 unspecified atom stereocenters. The number of methoxy groups -OCH3 is 1. The van der Waals surface area contributed by atoms with Gasteiger partial charge >= 0.3 is 5.97 Å². The lowest BCUT2D eigenvalue weighted by molar-refractivity contribution is -0.150. The molecule has 94 valence electrons. The van der Waals surface area contributed by atoms with Crippen LogP contribution in [0.25, 0.3) is 0 Å². The first-order valence-electron chi connectivity index (χ1n) is 6.04. The van der Waals surface area contributed by atoms with Crippen molar-refractivity contribution in [2.24, 2.45) is 5.92 Å². The summed E-state index contributed by atoms with van der Waals surface area (Å²) in [6.07, 6.45) is 2.44. The fraction of sp³-hybridized carbons (Fsp3) is 0.917. The van der Waals surface area contributed by atoms with Crippen molar-refractivity contribution in [1.29, 1.82) is 0 Å². The molecule has 1 aliphatic heterocycles. The van der Waals surface area contributed by atoms with Gasteiger partial charge in [0.1, 0.15) is 5.54 Å². The van der Waals surface area contributed by atoms with E-state index in [0.29, 0.717) is 18.9 Å². The van der Waals surface area contributed by atoms with E-state index in [0.717, 1.165) is 25.9 Å². The standard InChI is InChI=1S/C12H23NO3/c1-4-12(11(14)15)6-5-7-13(12)8-10(2)9-16-3/h10H,4-9H2,1-3H3,(H,14,15). The third kappa shape index (κ3) is 2.55. The first kappa shape index (κ1) is 13.5. The number of carboxylic acid groups (broad SMARTS) is 1. The summed E-state index contributed by atoms with van der Waals surface area (Å²) in [5.74, 6) is -0.287. The molecule has 0 radical (unpaired) electrons. The predicted octanol–water partition coefficient (Wildman–Crippen LogP) is 1.60. The van der Waals surface area contributed by atoms with Crippen molar-refractivity contribution in [3.8, 4) is 0 Å². The first-order chi connectivity index (χ1) is 7.56. The van der Waals surface area contributed by atoms with Crippen molar-refractivity contribution in [2.45, 2.75) is 38.6 Å². The second-order valence-electron chi connectivity index (χ2n) is 4.80. The van der Waals surface area contributed by atoms with Gasteiger partial charge in [0, 0.05) is 20.3 Å². The molecular formula is C12H23NO3. The van der Waals surface area contributed by atoms with E-state index in [2.05, 4.69) is 11.8 Å². The molecule has 4 heteroatoms. The molecule has 4 nitrogen and oxygen atoms in total. The third-order valence-corrected chi connectivity index (χ3v) is 3.59. The van der Waals surface area contributed by atoms with Crippen LogP contribution in [0.1, 0.15) is 33.1 Å². The molecule has 1 aliphatic rings. The molecule has 0 aromatic heterocycles. The second kappa shape index (κ2) is 5.64. The van der Waals surface area contributed by atoms with Crippen LogP contribution in [0.3, 0.4) is 0 Å². The number of carbonyl (C=O) groups is 1. The first-order valence-corrected chi connectivity index (χ1v) is 6.04. The lowest BCUT2D eigenvalue weighted by Crippen LogP contribution is -2.51. The normalized spacial score (nSPS) is 28.2. The molecule has 1 heterocycles. The van der Waals surface area contributed by atoms with Crippen LogP contribution in [0, 0.1) is 5.92 Å². The van der Waals surface area contributed by atoms with Gasteiger partial charge < -0.3 is 9.84 Å². The maximum atomic E-state index is 11.4. The number of ether oxygens (including phenoxy) is 1. The topological polar surface area (TPSA) is 49.8 Å². The highest BCUT2D eigenvalue weighted by Gasteiger charge is 2.46. The van der Waals surface area contributed by atoms with Gasteiger partial charge in [0.2, 0.25) is 0 Å². The molecule has 0 aromatic rings. The number of rotatable bonds is 6. The van der Waals surface area contributed by atoms with Crippen molar-refractivity contribution < 1.29 is 14.6 Å². The summed E-state index contributed by atoms with van der Waals surface area (Å²) in [7, 11) is 1.69. The van der Waals surface area contributed by atoms with Crippen molar-refractivity contribution >= 4 is 5.97 Å². The van der Waals surface area contributed by atoms with E-state index in [1.54, 1.807) is 7.11 Å². The fourth-order valence-electron chi connectivity index (χ4n) is 2.71. The van der Waals surface area contributed by atoms with Crippen LogP contribution in [0.15, 0.2) is 0 Å². The number of carboxylic acids is 1. The molecule has 1 N–H and O–H groups in total. The fourth-order valence-corrected chi connectivity index (χ4v) is 2.71. The van der Waals surface area contributed by atoms with E-state index in [1.165, 1.54) is 0 Å². The van der Waals surface area contributed by atoms with Crippen LogP contribution in [0.4, 0.5) is 0 Å². The highest BCUT2D eigenvalue weighted by Crippen LogP contribution is 2.33. The van der Waals surface area contributed by atoms with Crippen LogP contribution in [-0.2, 0) is 9.53 Å². The van der Waals surface area contributed by atoms with E-state index in [4.69, 9.17) is 4.74 Å². The minimum absolute atomic E-state index is 0.383. The van der Waals surface area contributed by atoms with E-state index < -0.39 is 11.5 Å². The van der Waals surface area contributed by atoms with Crippen molar-refractivity contribution in [3.05, 3.63) is 0 Å². The molecule has 16 heavy (non-hydrogen) atoms. The molecule has 1 rings (SSSR count). The Labute approximate surface area is 97.6 Å². The van der Waals surface area contributed by atoms with Gasteiger partial charge in [-0.15, -0.1) is 0 Å². The molecule has 0 aromatic carbocycles. The number of nitrogens with zero attached hydrogens (tertiary/aromatic N) is 1. The minimum atomic E-state index is -0.669. The molecule has 2 atom stereocenters. The number of aliphatic carboxylic acids is 1. The average Bonchev–Trinajstić information content (AvgIpc) is 2.62. The molecule has 1 saturated heterocycles. The van der Waals surface area contributed by atoms with Gasteiger partial charge in [0.15, 0.2) is 0 Å². The highest BCUT2D eigenvalue weighted by molar-refractivity contribution is 5.79. The molecule has 0 spiro atoms. The Morgan fingerprint density at radius 3 is 2.81 bits per heavy atom. The van der Waals surface area contributed by atoms with Crippen LogP contribution in [0.2, 0.25) is 0 Å². The third-order valence-electron chi connectivity index (χ3n) is 3.59. The SMILES string of the molecule is CCC1(C(=O)O)CCCN1CC(C)COC. The smallest absolute Gasteiger partial charge is 0.324 e. The molecule has 0 bridgehead atoms. The Balaban J connectivity index is 2.67. The lowest BCUT2D eigenvalue weighted by Gasteiger charge is -2.35. The van der Waals surface area contributed by atoms with Crippen LogP contribution in [-0.4, -0.2) is 48.3 Å². The zero-order valence-corrected chi connectivity index (χ0v) is 10.5. The molecule has 0 aliphatic carbocycles. The average molecular weight is 229 g/mol. The van der Waals surface area contributed by atoms with Crippen molar-refractivity contribution in [1.82, 2.24) is 4.90 Å². The van der Waals surface area contributed by atoms with E-state index in [1.807, 2.05) is 6.92 Å². The summed E-state index contributed by atoms with van der Waals surface area (Å²) in [6.45, 7) is 6.47. The Morgan fingerprint density at radius 1 is 1.62 bits per heavy atom. The summed E-state index contributed by atoms with van der Waals surface area (Å²) in [5, 5.41) is 9.40. The maximum absolute atomic E-state index is 11.4. The summed E-state index contributed by atoms with van der Waals surface area (Å²) in [5.41, 5.74) is -0.623.